The molecule has 6 nitrogen and oxygen atoms in total. The molecule has 1 aliphatic rings. The van der Waals surface area contributed by atoms with Crippen molar-refractivity contribution >= 4 is 28.2 Å². The highest BCUT2D eigenvalue weighted by atomic mass is 32.1. The monoisotopic (exact) mass is 362 g/mol. The highest BCUT2D eigenvalue weighted by molar-refractivity contribution is 7.16. The quantitative estimate of drug-likeness (QED) is 0.822. The number of anilines is 1. The zero-order chi connectivity index (χ0) is 17.8. The summed E-state index contributed by atoms with van der Waals surface area (Å²) in [4.78, 5) is 27.5. The van der Waals surface area contributed by atoms with Gasteiger partial charge in [0.2, 0.25) is 0 Å². The van der Waals surface area contributed by atoms with Crippen molar-refractivity contribution in [2.45, 2.75) is 32.7 Å². The third kappa shape index (κ3) is 4.29. The second-order valence-corrected chi connectivity index (χ2v) is 7.40. The van der Waals surface area contributed by atoms with E-state index in [1.54, 1.807) is 12.1 Å². The number of hydrogen-bond donors (Lipinski definition) is 1. The molecule has 0 aliphatic carbocycles. The average Bonchev–Trinajstić information content (AvgIpc) is 3.22. The fraction of sp³-hybridized carbons (Fsp3) is 0.444. The van der Waals surface area contributed by atoms with Crippen molar-refractivity contribution in [3.63, 3.8) is 0 Å². The number of carbonyl (C=O) groups excluding carboxylic acids is 2. The van der Waals surface area contributed by atoms with Crippen LogP contribution in [0.25, 0.3) is 0 Å². The van der Waals surface area contributed by atoms with E-state index in [-0.39, 0.29) is 11.7 Å². The molecule has 0 saturated carbocycles. The van der Waals surface area contributed by atoms with Crippen molar-refractivity contribution in [1.29, 1.82) is 0 Å². The van der Waals surface area contributed by atoms with Gasteiger partial charge in [-0.1, -0.05) is 6.42 Å². The molecule has 2 aromatic rings. The first-order chi connectivity index (χ1) is 12.1. The molecule has 3 heterocycles. The van der Waals surface area contributed by atoms with E-state index in [1.807, 2.05) is 13.0 Å². The SMILES string of the molecule is COC(=O)c1cc(C)sc1NC(=O)c1ccc(CN2CCCCC2)o1. The highest BCUT2D eigenvalue weighted by Gasteiger charge is 2.20. The van der Waals surface area contributed by atoms with Crippen LogP contribution >= 0.6 is 11.3 Å². The van der Waals surface area contributed by atoms with E-state index >= 15 is 0 Å². The number of methoxy groups -OCH3 is 1. The van der Waals surface area contributed by atoms with E-state index in [9.17, 15) is 9.59 Å². The van der Waals surface area contributed by atoms with Crippen molar-refractivity contribution in [2.24, 2.45) is 0 Å². The summed E-state index contributed by atoms with van der Waals surface area (Å²) in [5.74, 6) is 0.193. The molecule has 1 aliphatic heterocycles. The summed E-state index contributed by atoms with van der Waals surface area (Å²) in [7, 11) is 1.32. The van der Waals surface area contributed by atoms with Crippen LogP contribution in [0.2, 0.25) is 0 Å². The molecule has 1 saturated heterocycles. The summed E-state index contributed by atoms with van der Waals surface area (Å²) < 4.78 is 10.4. The lowest BCUT2D eigenvalue weighted by Crippen LogP contribution is -2.28. The molecule has 134 valence electrons. The summed E-state index contributed by atoms with van der Waals surface area (Å²) in [6.07, 6.45) is 3.70. The molecule has 25 heavy (non-hydrogen) atoms. The van der Waals surface area contributed by atoms with Crippen LogP contribution in [-0.4, -0.2) is 37.0 Å². The van der Waals surface area contributed by atoms with Gasteiger partial charge in [0, 0.05) is 4.88 Å². The molecule has 1 N–H and O–H groups in total. The lowest BCUT2D eigenvalue weighted by Gasteiger charge is -2.25. The molecule has 7 heteroatoms. The zero-order valence-electron chi connectivity index (χ0n) is 14.5. The first-order valence-corrected chi connectivity index (χ1v) is 9.19. The molecular weight excluding hydrogens is 340 g/mol. The van der Waals surface area contributed by atoms with Gasteiger partial charge in [0.1, 0.15) is 10.8 Å². The molecule has 3 rings (SSSR count). The number of thiophene rings is 1. The second-order valence-electron chi connectivity index (χ2n) is 6.15. The molecule has 0 bridgehead atoms. The van der Waals surface area contributed by atoms with Gasteiger partial charge in [-0.2, -0.15) is 0 Å². The van der Waals surface area contributed by atoms with Crippen molar-refractivity contribution in [2.75, 3.05) is 25.5 Å². The number of nitrogens with one attached hydrogen (secondary N) is 1. The van der Waals surface area contributed by atoms with Gasteiger partial charge in [-0.3, -0.25) is 9.69 Å². The summed E-state index contributed by atoms with van der Waals surface area (Å²) in [6, 6.07) is 5.22. The summed E-state index contributed by atoms with van der Waals surface area (Å²) in [5.41, 5.74) is 0.360. The standard InChI is InChI=1S/C18H22N2O4S/c1-12-10-14(18(22)23-2)17(25-12)19-16(21)15-7-6-13(24-15)11-20-8-4-3-5-9-20/h6-7,10H,3-5,8-9,11H2,1-2H3,(H,19,21). The van der Waals surface area contributed by atoms with Crippen LogP contribution in [0.3, 0.4) is 0 Å². The van der Waals surface area contributed by atoms with Crippen molar-refractivity contribution in [1.82, 2.24) is 4.90 Å². The fourth-order valence-electron chi connectivity index (χ4n) is 2.96. The summed E-state index contributed by atoms with van der Waals surface area (Å²) >= 11 is 1.33. The van der Waals surface area contributed by atoms with Gasteiger partial charge in [-0.25, -0.2) is 4.79 Å². The summed E-state index contributed by atoms with van der Waals surface area (Å²) in [6.45, 7) is 4.73. The molecule has 0 spiro atoms. The number of aryl methyl sites for hydroxylation is 1. The maximum absolute atomic E-state index is 12.4. The number of rotatable bonds is 5. The molecule has 0 radical (unpaired) electrons. The molecule has 2 aromatic heterocycles. The predicted molar refractivity (Wildman–Crippen MR) is 96.2 cm³/mol. The van der Waals surface area contributed by atoms with Gasteiger partial charge < -0.3 is 14.5 Å². The van der Waals surface area contributed by atoms with Gasteiger partial charge in [-0.15, -0.1) is 11.3 Å². The van der Waals surface area contributed by atoms with Crippen molar-refractivity contribution < 1.29 is 18.7 Å². The minimum absolute atomic E-state index is 0.244. The molecule has 1 fully saturated rings. The normalized spacial score (nSPS) is 15.1. The molecule has 0 aromatic carbocycles. The van der Waals surface area contributed by atoms with Crippen LogP contribution in [0.5, 0.6) is 0 Å². The number of likely N-dealkylation sites (tertiary alicyclic amines) is 1. The van der Waals surface area contributed by atoms with E-state index in [0.717, 1.165) is 30.3 Å². The average molecular weight is 362 g/mol. The number of ether oxygens (including phenoxy) is 1. The van der Waals surface area contributed by atoms with Crippen LogP contribution in [0.1, 0.15) is 50.8 Å². The number of esters is 1. The molecular formula is C18H22N2O4S. The van der Waals surface area contributed by atoms with E-state index in [2.05, 4.69) is 10.2 Å². The smallest absolute Gasteiger partial charge is 0.340 e. The first-order valence-electron chi connectivity index (χ1n) is 8.38. The Bertz CT molecular complexity index is 759. The molecule has 0 unspecified atom stereocenters. The van der Waals surface area contributed by atoms with Gasteiger partial charge in [0.05, 0.1) is 19.2 Å². The van der Waals surface area contributed by atoms with Crippen LogP contribution in [-0.2, 0) is 11.3 Å². The summed E-state index contributed by atoms with van der Waals surface area (Å²) in [5, 5.41) is 3.23. The lowest BCUT2D eigenvalue weighted by molar-refractivity contribution is 0.0602. The fourth-order valence-corrected chi connectivity index (χ4v) is 3.85. The number of amides is 1. The lowest BCUT2D eigenvalue weighted by atomic mass is 10.1. The van der Waals surface area contributed by atoms with Gasteiger partial charge in [-0.05, 0) is 51.1 Å². The van der Waals surface area contributed by atoms with Crippen LogP contribution in [0, 0.1) is 6.92 Å². The minimum Gasteiger partial charge on any atom is -0.465 e. The number of furan rings is 1. The Kier molecular flexibility index (Phi) is 5.55. The van der Waals surface area contributed by atoms with Crippen LogP contribution in [0.15, 0.2) is 22.6 Å². The number of hydrogen-bond acceptors (Lipinski definition) is 6. The van der Waals surface area contributed by atoms with Crippen molar-refractivity contribution in [3.05, 3.63) is 40.2 Å². The topological polar surface area (TPSA) is 71.8 Å². The maximum Gasteiger partial charge on any atom is 0.340 e. The Labute approximate surface area is 150 Å². The van der Waals surface area contributed by atoms with Gasteiger partial charge in [0.25, 0.3) is 5.91 Å². The Hall–Kier alpha value is -2.12. The van der Waals surface area contributed by atoms with E-state index in [0.29, 0.717) is 10.6 Å². The molecule has 1 amide bonds. The van der Waals surface area contributed by atoms with Crippen LogP contribution in [0.4, 0.5) is 5.00 Å². The Morgan fingerprint density at radius 3 is 2.76 bits per heavy atom. The second kappa shape index (κ2) is 7.84. The Morgan fingerprint density at radius 2 is 2.04 bits per heavy atom. The predicted octanol–water partition coefficient (Wildman–Crippen LogP) is 3.67. The maximum atomic E-state index is 12.4. The zero-order valence-corrected chi connectivity index (χ0v) is 15.3. The third-order valence-corrected chi connectivity index (χ3v) is 5.17. The van der Waals surface area contributed by atoms with E-state index in [1.165, 1.54) is 37.7 Å². The van der Waals surface area contributed by atoms with Gasteiger partial charge in [0.15, 0.2) is 5.76 Å². The largest absolute Gasteiger partial charge is 0.465 e. The minimum atomic E-state index is -0.468. The number of piperidine rings is 1. The Morgan fingerprint density at radius 1 is 1.28 bits per heavy atom. The van der Waals surface area contributed by atoms with Crippen molar-refractivity contribution in [3.8, 4) is 0 Å². The van der Waals surface area contributed by atoms with Crippen LogP contribution < -0.4 is 5.32 Å². The molecule has 0 atom stereocenters. The highest BCUT2D eigenvalue weighted by Crippen LogP contribution is 2.29. The number of carbonyl (C=O) groups is 2. The third-order valence-electron chi connectivity index (χ3n) is 4.20. The van der Waals surface area contributed by atoms with Gasteiger partial charge >= 0.3 is 5.97 Å². The Balaban J connectivity index is 1.67. The van der Waals surface area contributed by atoms with E-state index < -0.39 is 5.97 Å². The number of nitrogens with zero attached hydrogens (tertiary/aromatic N) is 1. The van der Waals surface area contributed by atoms with E-state index in [4.69, 9.17) is 9.15 Å². The first kappa shape index (κ1) is 17.7.